The molecule has 0 aliphatic rings. The average Bonchev–Trinajstić information content (AvgIpc) is 2.79. The second kappa shape index (κ2) is 4.89. The van der Waals surface area contributed by atoms with Crippen LogP contribution in [0.1, 0.15) is 5.82 Å². The fraction of sp³-hybridized carbons (Fsp3) is 0.0769. The Bertz CT molecular complexity index is 725. The molecule has 0 bridgehead atoms. The van der Waals surface area contributed by atoms with Crippen LogP contribution >= 0.6 is 15.9 Å². The summed E-state index contributed by atoms with van der Waals surface area (Å²) in [6.07, 6.45) is 1.91. The molecule has 0 atom stereocenters. The predicted octanol–water partition coefficient (Wildman–Crippen LogP) is 2.65. The normalized spacial score (nSPS) is 10.8. The molecule has 0 saturated carbocycles. The Morgan fingerprint density at radius 3 is 2.95 bits per heavy atom. The number of aromatic nitrogens is 3. The summed E-state index contributed by atoms with van der Waals surface area (Å²) in [4.78, 5) is 0. The zero-order valence-electron chi connectivity index (χ0n) is 9.95. The maximum Gasteiger partial charge on any atom is 0.175 e. The van der Waals surface area contributed by atoms with E-state index in [1.54, 1.807) is 6.07 Å². The van der Waals surface area contributed by atoms with Gasteiger partial charge in [-0.2, -0.15) is 0 Å². The molecule has 19 heavy (non-hydrogen) atoms. The summed E-state index contributed by atoms with van der Waals surface area (Å²) in [5, 5.41) is 8.19. The van der Waals surface area contributed by atoms with E-state index in [0.717, 1.165) is 15.9 Å². The van der Waals surface area contributed by atoms with Crippen LogP contribution in [0.15, 0.2) is 47.1 Å². The topological polar surface area (TPSA) is 65.4 Å². The van der Waals surface area contributed by atoms with E-state index in [1.807, 2.05) is 40.9 Å². The molecule has 0 radical (unpaired) electrons. The minimum atomic E-state index is 0.334. The first kappa shape index (κ1) is 12.0. The summed E-state index contributed by atoms with van der Waals surface area (Å²) < 4.78 is 8.51. The number of hydrogen-bond acceptors (Lipinski definition) is 4. The average molecular weight is 319 g/mol. The molecule has 2 N–H and O–H groups in total. The number of nitrogen functional groups attached to an aromatic ring is 1. The van der Waals surface area contributed by atoms with Gasteiger partial charge in [-0.3, -0.25) is 4.40 Å². The monoisotopic (exact) mass is 318 g/mol. The highest BCUT2D eigenvalue weighted by Crippen LogP contribution is 2.17. The summed E-state index contributed by atoms with van der Waals surface area (Å²) in [6, 6.07) is 11.1. The molecule has 3 rings (SSSR count). The standard InChI is InChI=1S/C13H11BrN4O/c14-9-4-5-12-16-17-13(18(12)7-9)8-19-11-3-1-2-10(15)6-11/h1-7H,8,15H2. The van der Waals surface area contributed by atoms with E-state index in [4.69, 9.17) is 10.5 Å². The van der Waals surface area contributed by atoms with E-state index >= 15 is 0 Å². The van der Waals surface area contributed by atoms with Crippen molar-refractivity contribution < 1.29 is 4.74 Å². The van der Waals surface area contributed by atoms with Crippen molar-refractivity contribution >= 4 is 27.3 Å². The highest BCUT2D eigenvalue weighted by molar-refractivity contribution is 9.10. The fourth-order valence-corrected chi connectivity index (χ4v) is 2.10. The van der Waals surface area contributed by atoms with Crippen molar-refractivity contribution in [3.63, 3.8) is 0 Å². The van der Waals surface area contributed by atoms with Crippen molar-refractivity contribution in [1.29, 1.82) is 0 Å². The third kappa shape index (κ3) is 2.53. The molecule has 0 fully saturated rings. The Kier molecular flexibility index (Phi) is 3.08. The van der Waals surface area contributed by atoms with E-state index in [2.05, 4.69) is 26.1 Å². The minimum Gasteiger partial charge on any atom is -0.486 e. The largest absolute Gasteiger partial charge is 0.486 e. The van der Waals surface area contributed by atoms with Crippen LogP contribution in [0.4, 0.5) is 5.69 Å². The lowest BCUT2D eigenvalue weighted by Gasteiger charge is -2.05. The van der Waals surface area contributed by atoms with Gasteiger partial charge in [-0.15, -0.1) is 10.2 Å². The van der Waals surface area contributed by atoms with E-state index in [9.17, 15) is 0 Å². The summed E-state index contributed by atoms with van der Waals surface area (Å²) in [6.45, 7) is 0.334. The highest BCUT2D eigenvalue weighted by atomic mass is 79.9. The molecule has 0 spiro atoms. The predicted molar refractivity (Wildman–Crippen MR) is 75.9 cm³/mol. The maximum atomic E-state index is 5.70. The molecule has 0 saturated heterocycles. The summed E-state index contributed by atoms with van der Waals surface area (Å²) in [5.74, 6) is 1.45. The molecular weight excluding hydrogens is 308 g/mol. The van der Waals surface area contributed by atoms with E-state index < -0.39 is 0 Å². The lowest BCUT2D eigenvalue weighted by molar-refractivity contribution is 0.294. The van der Waals surface area contributed by atoms with Crippen LogP contribution in [-0.4, -0.2) is 14.6 Å². The summed E-state index contributed by atoms with van der Waals surface area (Å²) >= 11 is 3.42. The molecule has 0 unspecified atom stereocenters. The number of halogens is 1. The van der Waals surface area contributed by atoms with Crippen molar-refractivity contribution in [2.75, 3.05) is 5.73 Å². The van der Waals surface area contributed by atoms with Gasteiger partial charge in [0.15, 0.2) is 11.5 Å². The molecule has 2 heterocycles. The molecule has 2 aromatic heterocycles. The van der Waals surface area contributed by atoms with Gasteiger partial charge >= 0.3 is 0 Å². The minimum absolute atomic E-state index is 0.334. The molecule has 0 amide bonds. The van der Waals surface area contributed by atoms with Gasteiger partial charge in [0, 0.05) is 22.4 Å². The van der Waals surface area contributed by atoms with Gasteiger partial charge < -0.3 is 10.5 Å². The smallest absolute Gasteiger partial charge is 0.175 e. The lowest BCUT2D eigenvalue weighted by Crippen LogP contribution is -2.01. The molecule has 3 aromatic rings. The van der Waals surface area contributed by atoms with E-state index in [0.29, 0.717) is 18.0 Å². The van der Waals surface area contributed by atoms with Gasteiger partial charge in [0.1, 0.15) is 12.4 Å². The van der Waals surface area contributed by atoms with Crippen molar-refractivity contribution in [2.24, 2.45) is 0 Å². The first-order valence-electron chi connectivity index (χ1n) is 5.70. The number of anilines is 1. The van der Waals surface area contributed by atoms with Gasteiger partial charge in [-0.1, -0.05) is 6.07 Å². The fourth-order valence-electron chi connectivity index (χ4n) is 1.76. The van der Waals surface area contributed by atoms with Crippen LogP contribution in [0.5, 0.6) is 5.75 Å². The third-order valence-electron chi connectivity index (χ3n) is 2.66. The highest BCUT2D eigenvalue weighted by Gasteiger charge is 2.06. The van der Waals surface area contributed by atoms with Crippen molar-refractivity contribution in [2.45, 2.75) is 6.61 Å². The lowest BCUT2D eigenvalue weighted by atomic mass is 10.3. The Labute approximate surface area is 118 Å². The van der Waals surface area contributed by atoms with Crippen LogP contribution < -0.4 is 10.5 Å². The number of nitrogens with zero attached hydrogens (tertiary/aromatic N) is 3. The first-order valence-corrected chi connectivity index (χ1v) is 6.49. The molecule has 5 nitrogen and oxygen atoms in total. The Balaban J connectivity index is 1.84. The molecule has 96 valence electrons. The number of hydrogen-bond donors (Lipinski definition) is 1. The second-order valence-corrected chi connectivity index (χ2v) is 4.97. The van der Waals surface area contributed by atoms with Gasteiger partial charge in [0.2, 0.25) is 0 Å². The van der Waals surface area contributed by atoms with Gasteiger partial charge in [-0.05, 0) is 40.2 Å². The van der Waals surface area contributed by atoms with Crippen LogP contribution in [0.2, 0.25) is 0 Å². The molecule has 1 aromatic carbocycles. The van der Waals surface area contributed by atoms with Gasteiger partial charge in [0.25, 0.3) is 0 Å². The number of ether oxygens (including phenoxy) is 1. The van der Waals surface area contributed by atoms with E-state index in [-0.39, 0.29) is 0 Å². The van der Waals surface area contributed by atoms with Crippen LogP contribution in [0.25, 0.3) is 5.65 Å². The molecule has 0 aliphatic carbocycles. The van der Waals surface area contributed by atoms with Crippen LogP contribution in [0.3, 0.4) is 0 Å². The molecule has 0 aliphatic heterocycles. The first-order chi connectivity index (χ1) is 9.22. The summed E-state index contributed by atoms with van der Waals surface area (Å²) in [5.41, 5.74) is 7.16. The zero-order chi connectivity index (χ0) is 13.2. The Hall–Kier alpha value is -2.08. The second-order valence-electron chi connectivity index (χ2n) is 4.05. The molecule has 6 heteroatoms. The summed E-state index contributed by atoms with van der Waals surface area (Å²) in [7, 11) is 0. The van der Waals surface area contributed by atoms with E-state index in [1.165, 1.54) is 0 Å². The number of rotatable bonds is 3. The molecular formula is C13H11BrN4O. The quantitative estimate of drug-likeness (QED) is 0.754. The Morgan fingerprint density at radius 1 is 1.21 bits per heavy atom. The Morgan fingerprint density at radius 2 is 2.11 bits per heavy atom. The van der Waals surface area contributed by atoms with Gasteiger partial charge in [-0.25, -0.2) is 0 Å². The zero-order valence-corrected chi connectivity index (χ0v) is 11.5. The SMILES string of the molecule is Nc1cccc(OCc2nnc3ccc(Br)cn23)c1. The number of nitrogens with two attached hydrogens (primary N) is 1. The number of fused-ring (bicyclic) bond motifs is 1. The van der Waals surface area contributed by atoms with Crippen LogP contribution in [0, 0.1) is 0 Å². The number of benzene rings is 1. The van der Waals surface area contributed by atoms with Crippen molar-refractivity contribution in [1.82, 2.24) is 14.6 Å². The third-order valence-corrected chi connectivity index (χ3v) is 3.13. The van der Waals surface area contributed by atoms with Gasteiger partial charge in [0.05, 0.1) is 0 Å². The van der Waals surface area contributed by atoms with Crippen molar-refractivity contribution in [3.05, 3.63) is 52.9 Å². The van der Waals surface area contributed by atoms with Crippen molar-refractivity contribution in [3.8, 4) is 5.75 Å². The number of pyridine rings is 1. The maximum absolute atomic E-state index is 5.70. The van der Waals surface area contributed by atoms with Crippen LogP contribution in [-0.2, 0) is 6.61 Å².